The molecule has 86 valence electrons. The van der Waals surface area contributed by atoms with Crippen LogP contribution in [0.15, 0.2) is 24.3 Å². The molecule has 1 fully saturated rings. The van der Waals surface area contributed by atoms with Crippen LogP contribution in [-0.2, 0) is 5.67 Å². The fraction of sp³-hybridized carbons (Fsp3) is 0.462. The van der Waals surface area contributed by atoms with Crippen molar-refractivity contribution in [2.24, 2.45) is 0 Å². The summed E-state index contributed by atoms with van der Waals surface area (Å²) >= 11 is 0. The number of nitrogens with one attached hydrogen (secondary N) is 1. The second kappa shape index (κ2) is 4.34. The minimum absolute atomic E-state index is 0.0145. The Morgan fingerprint density at radius 1 is 1.38 bits per heavy atom. The zero-order chi connectivity index (χ0) is 11.6. The second-order valence-electron chi connectivity index (χ2n) is 4.35. The van der Waals surface area contributed by atoms with Gasteiger partial charge in [0.25, 0.3) is 0 Å². The van der Waals surface area contributed by atoms with Crippen LogP contribution in [0, 0.1) is 0 Å². The van der Waals surface area contributed by atoms with Gasteiger partial charge in [0.1, 0.15) is 5.67 Å². The topological polar surface area (TPSA) is 29.1 Å². The molecule has 16 heavy (non-hydrogen) atoms. The van der Waals surface area contributed by atoms with Gasteiger partial charge in [-0.25, -0.2) is 4.39 Å². The summed E-state index contributed by atoms with van der Waals surface area (Å²) in [7, 11) is 0. The second-order valence-corrected chi connectivity index (χ2v) is 4.35. The minimum Gasteiger partial charge on any atom is -0.316 e. The van der Waals surface area contributed by atoms with Gasteiger partial charge < -0.3 is 5.32 Å². The number of carbonyl (C=O) groups is 1. The molecule has 1 saturated heterocycles. The Bertz CT molecular complexity index is 397. The summed E-state index contributed by atoms with van der Waals surface area (Å²) in [4.78, 5) is 11.2. The molecule has 0 atom stereocenters. The van der Waals surface area contributed by atoms with Crippen molar-refractivity contribution in [2.45, 2.75) is 25.4 Å². The highest BCUT2D eigenvalue weighted by Gasteiger charge is 2.33. The quantitative estimate of drug-likeness (QED) is 0.777. The number of ketones is 1. The molecule has 2 nitrogen and oxygen atoms in total. The van der Waals surface area contributed by atoms with Crippen LogP contribution in [-0.4, -0.2) is 18.9 Å². The van der Waals surface area contributed by atoms with Crippen molar-refractivity contribution in [3.8, 4) is 0 Å². The molecular weight excluding hydrogens is 205 g/mol. The Hall–Kier alpha value is -1.22. The molecule has 1 aromatic carbocycles. The van der Waals surface area contributed by atoms with Crippen molar-refractivity contribution in [3.63, 3.8) is 0 Å². The first-order valence-electron chi connectivity index (χ1n) is 5.63. The molecule has 3 heteroatoms. The Labute approximate surface area is 94.9 Å². The van der Waals surface area contributed by atoms with E-state index in [2.05, 4.69) is 5.32 Å². The Kier molecular flexibility index (Phi) is 3.06. The zero-order valence-electron chi connectivity index (χ0n) is 9.42. The smallest absolute Gasteiger partial charge is 0.159 e. The van der Waals surface area contributed by atoms with E-state index in [9.17, 15) is 9.18 Å². The molecular formula is C13H16FNO. The highest BCUT2D eigenvalue weighted by atomic mass is 19.1. The van der Waals surface area contributed by atoms with Crippen LogP contribution in [0.1, 0.15) is 35.7 Å². The highest BCUT2D eigenvalue weighted by Crippen LogP contribution is 2.35. The Morgan fingerprint density at radius 3 is 2.69 bits per heavy atom. The SMILES string of the molecule is CC(=O)c1cccc(C2(F)CCNCC2)c1. The Morgan fingerprint density at radius 2 is 2.06 bits per heavy atom. The first kappa shape index (κ1) is 11.3. The predicted octanol–water partition coefficient (Wildman–Crippen LogP) is 2.44. The zero-order valence-corrected chi connectivity index (χ0v) is 9.42. The lowest BCUT2D eigenvalue weighted by Crippen LogP contribution is -2.36. The highest BCUT2D eigenvalue weighted by molar-refractivity contribution is 5.94. The molecule has 1 N–H and O–H groups in total. The van der Waals surface area contributed by atoms with Gasteiger partial charge in [0.2, 0.25) is 0 Å². The van der Waals surface area contributed by atoms with Crippen LogP contribution in [0.4, 0.5) is 4.39 Å². The van der Waals surface area contributed by atoms with Gasteiger partial charge in [-0.2, -0.15) is 0 Å². The minimum atomic E-state index is -1.27. The van der Waals surface area contributed by atoms with Crippen molar-refractivity contribution >= 4 is 5.78 Å². The molecule has 1 heterocycles. The number of carbonyl (C=O) groups excluding carboxylic acids is 1. The van der Waals surface area contributed by atoms with Crippen LogP contribution >= 0.6 is 0 Å². The van der Waals surface area contributed by atoms with Crippen molar-refractivity contribution in [3.05, 3.63) is 35.4 Å². The maximum atomic E-state index is 14.6. The maximum absolute atomic E-state index is 14.6. The van der Waals surface area contributed by atoms with E-state index in [0.717, 1.165) is 0 Å². The van der Waals surface area contributed by atoms with E-state index >= 15 is 0 Å². The van der Waals surface area contributed by atoms with Gasteiger partial charge in [0.05, 0.1) is 0 Å². The Balaban J connectivity index is 2.31. The molecule has 1 aliphatic heterocycles. The van der Waals surface area contributed by atoms with Gasteiger partial charge >= 0.3 is 0 Å². The van der Waals surface area contributed by atoms with Crippen molar-refractivity contribution in [1.29, 1.82) is 0 Å². The van der Waals surface area contributed by atoms with Crippen molar-refractivity contribution in [2.75, 3.05) is 13.1 Å². The van der Waals surface area contributed by atoms with E-state index in [0.29, 0.717) is 37.1 Å². The number of halogens is 1. The lowest BCUT2D eigenvalue weighted by Gasteiger charge is -2.30. The van der Waals surface area contributed by atoms with Gasteiger partial charge in [-0.1, -0.05) is 18.2 Å². The average Bonchev–Trinajstić information content (AvgIpc) is 2.30. The van der Waals surface area contributed by atoms with Crippen LogP contribution in [0.5, 0.6) is 0 Å². The number of rotatable bonds is 2. The lowest BCUT2D eigenvalue weighted by molar-refractivity contribution is 0.101. The molecule has 0 bridgehead atoms. The number of Topliss-reactive ketones (excluding diaryl/α,β-unsaturated/α-hetero) is 1. The summed E-state index contributed by atoms with van der Waals surface area (Å²) < 4.78 is 14.6. The molecule has 2 rings (SSSR count). The number of alkyl halides is 1. The van der Waals surface area contributed by atoms with Crippen LogP contribution < -0.4 is 5.32 Å². The summed E-state index contributed by atoms with van der Waals surface area (Å²) in [6.07, 6.45) is 0.961. The summed E-state index contributed by atoms with van der Waals surface area (Å²) in [5.41, 5.74) is -0.0359. The van der Waals surface area contributed by atoms with E-state index < -0.39 is 5.67 Å². The van der Waals surface area contributed by atoms with E-state index in [1.54, 1.807) is 24.3 Å². The molecule has 0 unspecified atom stereocenters. The number of hydrogen-bond acceptors (Lipinski definition) is 2. The maximum Gasteiger partial charge on any atom is 0.159 e. The van der Waals surface area contributed by atoms with E-state index in [1.807, 2.05) is 0 Å². The molecule has 0 saturated carbocycles. The molecule has 0 aromatic heterocycles. The third-order valence-electron chi connectivity index (χ3n) is 3.18. The first-order chi connectivity index (χ1) is 7.62. The molecule has 0 radical (unpaired) electrons. The number of piperidine rings is 1. The molecule has 1 aliphatic rings. The largest absolute Gasteiger partial charge is 0.316 e. The third-order valence-corrected chi connectivity index (χ3v) is 3.18. The summed E-state index contributed by atoms with van der Waals surface area (Å²) in [6.45, 7) is 2.90. The van der Waals surface area contributed by atoms with E-state index in [1.165, 1.54) is 6.92 Å². The molecule has 0 amide bonds. The fourth-order valence-corrected chi connectivity index (χ4v) is 2.13. The third kappa shape index (κ3) is 2.14. The predicted molar refractivity (Wildman–Crippen MR) is 61.3 cm³/mol. The fourth-order valence-electron chi connectivity index (χ4n) is 2.13. The van der Waals surface area contributed by atoms with Crippen molar-refractivity contribution in [1.82, 2.24) is 5.32 Å². The van der Waals surface area contributed by atoms with Crippen LogP contribution in [0.3, 0.4) is 0 Å². The summed E-state index contributed by atoms with van der Waals surface area (Å²) in [5.74, 6) is -0.0145. The molecule has 0 spiro atoms. The monoisotopic (exact) mass is 221 g/mol. The summed E-state index contributed by atoms with van der Waals surface area (Å²) in [5, 5.41) is 3.14. The molecule has 1 aromatic rings. The standard InChI is InChI=1S/C13H16FNO/c1-10(16)11-3-2-4-12(9-11)13(14)5-7-15-8-6-13/h2-4,9,15H,5-8H2,1H3. The summed E-state index contributed by atoms with van der Waals surface area (Å²) in [6, 6.07) is 6.96. The van der Waals surface area contributed by atoms with Gasteiger partial charge in [-0.05, 0) is 44.5 Å². The average molecular weight is 221 g/mol. The van der Waals surface area contributed by atoms with Gasteiger partial charge in [-0.15, -0.1) is 0 Å². The van der Waals surface area contributed by atoms with Crippen LogP contribution in [0.25, 0.3) is 0 Å². The van der Waals surface area contributed by atoms with Crippen molar-refractivity contribution < 1.29 is 9.18 Å². The van der Waals surface area contributed by atoms with Gasteiger partial charge in [0, 0.05) is 5.56 Å². The van der Waals surface area contributed by atoms with Gasteiger partial charge in [-0.3, -0.25) is 4.79 Å². The molecule has 0 aliphatic carbocycles. The number of benzene rings is 1. The van der Waals surface area contributed by atoms with E-state index in [-0.39, 0.29) is 5.78 Å². The van der Waals surface area contributed by atoms with E-state index in [4.69, 9.17) is 0 Å². The lowest BCUT2D eigenvalue weighted by atomic mass is 9.86. The first-order valence-corrected chi connectivity index (χ1v) is 5.63. The normalized spacial score (nSPS) is 19.4. The number of hydrogen-bond donors (Lipinski definition) is 1. The van der Waals surface area contributed by atoms with Crippen LogP contribution in [0.2, 0.25) is 0 Å². The van der Waals surface area contributed by atoms with Gasteiger partial charge in [0.15, 0.2) is 5.78 Å².